The van der Waals surface area contributed by atoms with E-state index in [9.17, 15) is 4.79 Å². The maximum absolute atomic E-state index is 11.8. The van der Waals surface area contributed by atoms with Crippen LogP contribution < -0.4 is 5.32 Å². The molecule has 1 heterocycles. The minimum Gasteiger partial charge on any atom is -0.462 e. The monoisotopic (exact) mass is 259 g/mol. The number of esters is 1. The molecular weight excluding hydrogens is 238 g/mol. The number of carbonyl (C=O) groups is 1. The molecule has 1 unspecified atom stereocenters. The van der Waals surface area contributed by atoms with Gasteiger partial charge in [0, 0.05) is 11.7 Å². The van der Waals surface area contributed by atoms with Crippen LogP contribution in [0.4, 0.5) is 5.69 Å². The van der Waals surface area contributed by atoms with Gasteiger partial charge in [0.2, 0.25) is 0 Å². The molecule has 3 heteroatoms. The summed E-state index contributed by atoms with van der Waals surface area (Å²) in [6.07, 6.45) is 3.77. The van der Waals surface area contributed by atoms with Crippen LogP contribution in [-0.4, -0.2) is 18.6 Å². The standard InChI is InChI=1S/C16H21NO2/c1-3-19-16(18)12-6-7-14-13(9-12)8-10(2)15(17-14)11-4-5-11/h6-7,9-11,15,17H,3-5,8H2,1-2H3/t10?,15-/m1/s1. The van der Waals surface area contributed by atoms with Crippen LogP contribution in [0.2, 0.25) is 0 Å². The normalized spacial score (nSPS) is 25.4. The van der Waals surface area contributed by atoms with Crippen molar-refractivity contribution in [2.75, 3.05) is 11.9 Å². The molecule has 0 aromatic heterocycles. The Kier molecular flexibility index (Phi) is 3.21. The lowest BCUT2D eigenvalue weighted by atomic mass is 9.85. The second kappa shape index (κ2) is 4.87. The summed E-state index contributed by atoms with van der Waals surface area (Å²) < 4.78 is 5.06. The third kappa shape index (κ3) is 2.46. The second-order valence-electron chi connectivity index (χ2n) is 5.78. The molecular formula is C16H21NO2. The fourth-order valence-electron chi connectivity index (χ4n) is 3.08. The summed E-state index contributed by atoms with van der Waals surface area (Å²) >= 11 is 0. The van der Waals surface area contributed by atoms with Crippen molar-refractivity contribution in [1.29, 1.82) is 0 Å². The highest BCUT2D eigenvalue weighted by Crippen LogP contribution is 2.41. The van der Waals surface area contributed by atoms with Crippen molar-refractivity contribution in [2.24, 2.45) is 11.8 Å². The van der Waals surface area contributed by atoms with E-state index in [1.807, 2.05) is 25.1 Å². The molecule has 19 heavy (non-hydrogen) atoms. The minimum absolute atomic E-state index is 0.220. The average molecular weight is 259 g/mol. The zero-order chi connectivity index (χ0) is 13.4. The van der Waals surface area contributed by atoms with Crippen LogP contribution in [0, 0.1) is 11.8 Å². The van der Waals surface area contributed by atoms with Gasteiger partial charge in [-0.2, -0.15) is 0 Å². The van der Waals surface area contributed by atoms with Crippen molar-refractivity contribution in [1.82, 2.24) is 0 Å². The van der Waals surface area contributed by atoms with Crippen molar-refractivity contribution in [3.05, 3.63) is 29.3 Å². The van der Waals surface area contributed by atoms with E-state index in [4.69, 9.17) is 4.74 Å². The molecule has 1 aliphatic heterocycles. The molecule has 1 aliphatic carbocycles. The predicted octanol–water partition coefficient (Wildman–Crippen LogP) is 3.25. The molecule has 3 rings (SSSR count). The van der Waals surface area contributed by atoms with Gasteiger partial charge in [-0.05, 0) is 61.8 Å². The Bertz CT molecular complexity index is 494. The van der Waals surface area contributed by atoms with Crippen molar-refractivity contribution in [3.8, 4) is 0 Å². The maximum atomic E-state index is 11.8. The summed E-state index contributed by atoms with van der Waals surface area (Å²) in [5.41, 5.74) is 3.11. The molecule has 1 aromatic rings. The van der Waals surface area contributed by atoms with Gasteiger partial charge in [0.15, 0.2) is 0 Å². The predicted molar refractivity (Wildman–Crippen MR) is 75.4 cm³/mol. The molecule has 2 atom stereocenters. The Labute approximate surface area is 114 Å². The van der Waals surface area contributed by atoms with Crippen LogP contribution in [-0.2, 0) is 11.2 Å². The van der Waals surface area contributed by atoms with Crippen LogP contribution in [0.1, 0.15) is 42.6 Å². The van der Waals surface area contributed by atoms with E-state index >= 15 is 0 Å². The van der Waals surface area contributed by atoms with Crippen molar-refractivity contribution < 1.29 is 9.53 Å². The summed E-state index contributed by atoms with van der Waals surface area (Å²) in [6, 6.07) is 6.49. The van der Waals surface area contributed by atoms with E-state index in [1.165, 1.54) is 24.1 Å². The number of rotatable bonds is 3. The van der Waals surface area contributed by atoms with Gasteiger partial charge in [0.25, 0.3) is 0 Å². The average Bonchev–Trinajstić information content (AvgIpc) is 3.22. The zero-order valence-electron chi connectivity index (χ0n) is 11.6. The first-order chi connectivity index (χ1) is 9.19. The number of benzene rings is 1. The van der Waals surface area contributed by atoms with Gasteiger partial charge in [-0.1, -0.05) is 6.92 Å². The first-order valence-corrected chi connectivity index (χ1v) is 7.25. The van der Waals surface area contributed by atoms with Gasteiger partial charge < -0.3 is 10.1 Å². The third-order valence-electron chi connectivity index (χ3n) is 4.22. The molecule has 0 radical (unpaired) electrons. The van der Waals surface area contributed by atoms with Gasteiger partial charge in [0.1, 0.15) is 0 Å². The quantitative estimate of drug-likeness (QED) is 0.847. The van der Waals surface area contributed by atoms with Crippen LogP contribution in [0.5, 0.6) is 0 Å². The smallest absolute Gasteiger partial charge is 0.338 e. The van der Waals surface area contributed by atoms with Gasteiger partial charge in [-0.25, -0.2) is 4.79 Å². The SMILES string of the molecule is CCOC(=O)c1ccc2c(c1)CC(C)[C@H](C1CC1)N2. The van der Waals surface area contributed by atoms with Crippen molar-refractivity contribution in [3.63, 3.8) is 0 Å². The summed E-state index contributed by atoms with van der Waals surface area (Å²) in [4.78, 5) is 11.8. The summed E-state index contributed by atoms with van der Waals surface area (Å²) in [5.74, 6) is 1.27. The van der Waals surface area contributed by atoms with Crippen molar-refractivity contribution >= 4 is 11.7 Å². The maximum Gasteiger partial charge on any atom is 0.338 e. The Hall–Kier alpha value is -1.51. The molecule has 0 spiro atoms. The Morgan fingerprint density at radius 2 is 2.21 bits per heavy atom. The molecule has 1 saturated carbocycles. The van der Waals surface area contributed by atoms with Crippen LogP contribution >= 0.6 is 0 Å². The number of hydrogen-bond donors (Lipinski definition) is 1. The number of nitrogens with one attached hydrogen (secondary N) is 1. The number of ether oxygens (including phenoxy) is 1. The fourth-order valence-corrected chi connectivity index (χ4v) is 3.08. The number of fused-ring (bicyclic) bond motifs is 1. The minimum atomic E-state index is -0.220. The summed E-state index contributed by atoms with van der Waals surface area (Å²) in [6.45, 7) is 4.56. The molecule has 3 nitrogen and oxygen atoms in total. The Balaban J connectivity index is 1.82. The largest absolute Gasteiger partial charge is 0.462 e. The topological polar surface area (TPSA) is 38.3 Å². The molecule has 0 amide bonds. The van der Waals surface area contributed by atoms with E-state index < -0.39 is 0 Å². The van der Waals surface area contributed by atoms with E-state index in [0.717, 1.165) is 12.3 Å². The van der Waals surface area contributed by atoms with Crippen LogP contribution in [0.3, 0.4) is 0 Å². The summed E-state index contributed by atoms with van der Waals surface area (Å²) in [7, 11) is 0. The summed E-state index contributed by atoms with van der Waals surface area (Å²) in [5, 5.41) is 3.65. The Morgan fingerprint density at radius 3 is 2.89 bits per heavy atom. The molecule has 1 fully saturated rings. The van der Waals surface area contributed by atoms with E-state index in [0.29, 0.717) is 24.1 Å². The molecule has 1 aromatic carbocycles. The van der Waals surface area contributed by atoms with Gasteiger partial charge >= 0.3 is 5.97 Å². The van der Waals surface area contributed by atoms with Gasteiger partial charge in [-0.15, -0.1) is 0 Å². The van der Waals surface area contributed by atoms with E-state index in [1.54, 1.807) is 0 Å². The molecule has 0 saturated heterocycles. The molecule has 2 aliphatic rings. The van der Waals surface area contributed by atoms with Crippen LogP contribution in [0.15, 0.2) is 18.2 Å². The van der Waals surface area contributed by atoms with E-state index in [2.05, 4.69) is 12.2 Å². The number of carbonyl (C=O) groups excluding carboxylic acids is 1. The zero-order valence-corrected chi connectivity index (χ0v) is 11.6. The lowest BCUT2D eigenvalue weighted by Gasteiger charge is -2.33. The molecule has 1 N–H and O–H groups in total. The second-order valence-corrected chi connectivity index (χ2v) is 5.78. The van der Waals surface area contributed by atoms with Gasteiger partial charge in [0.05, 0.1) is 12.2 Å². The highest BCUT2D eigenvalue weighted by Gasteiger charge is 2.37. The number of anilines is 1. The highest BCUT2D eigenvalue weighted by molar-refractivity contribution is 5.90. The highest BCUT2D eigenvalue weighted by atomic mass is 16.5. The van der Waals surface area contributed by atoms with Crippen LogP contribution in [0.25, 0.3) is 0 Å². The molecule has 102 valence electrons. The fraction of sp³-hybridized carbons (Fsp3) is 0.562. The van der Waals surface area contributed by atoms with Gasteiger partial charge in [-0.3, -0.25) is 0 Å². The third-order valence-corrected chi connectivity index (χ3v) is 4.22. The molecule has 0 bridgehead atoms. The Morgan fingerprint density at radius 1 is 1.42 bits per heavy atom. The lowest BCUT2D eigenvalue weighted by molar-refractivity contribution is 0.0526. The lowest BCUT2D eigenvalue weighted by Crippen LogP contribution is -2.35. The van der Waals surface area contributed by atoms with E-state index in [-0.39, 0.29) is 5.97 Å². The first-order valence-electron chi connectivity index (χ1n) is 7.25. The first kappa shape index (κ1) is 12.5. The van der Waals surface area contributed by atoms with Crippen molar-refractivity contribution in [2.45, 2.75) is 39.2 Å². The number of hydrogen-bond acceptors (Lipinski definition) is 3.